The lowest BCUT2D eigenvalue weighted by molar-refractivity contribution is -0.100. The van der Waals surface area contributed by atoms with Crippen molar-refractivity contribution < 1.29 is 23.8 Å². The van der Waals surface area contributed by atoms with Crippen molar-refractivity contribution in [2.75, 3.05) is 27.6 Å². The van der Waals surface area contributed by atoms with E-state index in [0.29, 0.717) is 29.4 Å². The van der Waals surface area contributed by atoms with Gasteiger partial charge in [-0.2, -0.15) is 0 Å². The van der Waals surface area contributed by atoms with E-state index in [1.807, 2.05) is 0 Å². The highest BCUT2D eigenvalue weighted by Crippen LogP contribution is 2.38. The first kappa shape index (κ1) is 12.5. The van der Waals surface area contributed by atoms with Gasteiger partial charge in [-0.3, -0.25) is 9.63 Å². The Morgan fingerprint density at radius 2 is 2.06 bits per heavy atom. The van der Waals surface area contributed by atoms with Crippen LogP contribution >= 0.6 is 0 Å². The van der Waals surface area contributed by atoms with Crippen molar-refractivity contribution in [1.82, 2.24) is 5.06 Å². The molecule has 6 nitrogen and oxygen atoms in total. The number of methoxy groups -OCH3 is 1. The summed E-state index contributed by atoms with van der Waals surface area (Å²) in [5.74, 6) is 1.23. The minimum absolute atomic E-state index is 0.150. The topological polar surface area (TPSA) is 57.2 Å². The number of ether oxygens (including phenoxy) is 3. The highest BCUT2D eigenvalue weighted by atomic mass is 16.7. The Hall–Kier alpha value is -1.95. The zero-order chi connectivity index (χ0) is 13.1. The maximum absolute atomic E-state index is 12.1. The van der Waals surface area contributed by atoms with Crippen LogP contribution in [-0.2, 0) is 4.84 Å². The van der Waals surface area contributed by atoms with Crippen LogP contribution in [0.5, 0.6) is 17.2 Å². The number of benzene rings is 1. The zero-order valence-corrected chi connectivity index (χ0v) is 10.6. The van der Waals surface area contributed by atoms with Gasteiger partial charge in [-0.1, -0.05) is 0 Å². The molecule has 0 N–H and O–H groups in total. The lowest BCUT2D eigenvalue weighted by atomic mass is 10.1. The van der Waals surface area contributed by atoms with Crippen molar-refractivity contribution in [1.29, 1.82) is 0 Å². The molecule has 98 valence electrons. The molecule has 1 aliphatic rings. The van der Waals surface area contributed by atoms with Crippen LogP contribution in [0.1, 0.15) is 17.3 Å². The fourth-order valence-corrected chi connectivity index (χ4v) is 1.68. The number of fused-ring (bicyclic) bond motifs is 1. The van der Waals surface area contributed by atoms with Gasteiger partial charge in [0, 0.05) is 19.2 Å². The molecule has 0 atom stereocenters. The highest BCUT2D eigenvalue weighted by molar-refractivity contribution is 5.97. The predicted octanol–water partition coefficient (Wildman–Crippen LogP) is 1.45. The fourth-order valence-electron chi connectivity index (χ4n) is 1.68. The Morgan fingerprint density at radius 3 is 2.67 bits per heavy atom. The minimum atomic E-state index is -0.299. The Balaban J connectivity index is 2.34. The summed E-state index contributed by atoms with van der Waals surface area (Å²) in [6, 6.07) is 3.23. The monoisotopic (exact) mass is 253 g/mol. The van der Waals surface area contributed by atoms with Crippen LogP contribution in [0.3, 0.4) is 0 Å². The maximum atomic E-state index is 12.1. The molecule has 0 fully saturated rings. The van der Waals surface area contributed by atoms with Crippen LogP contribution < -0.4 is 14.2 Å². The Bertz CT molecular complexity index is 460. The first-order valence-corrected chi connectivity index (χ1v) is 5.56. The van der Waals surface area contributed by atoms with Crippen molar-refractivity contribution >= 4 is 5.91 Å². The normalized spacial score (nSPS) is 12.4. The number of nitrogens with zero attached hydrogens (tertiary/aromatic N) is 1. The molecule has 0 aliphatic carbocycles. The molecular formula is C12H15NO5. The van der Waals surface area contributed by atoms with Crippen LogP contribution in [0.15, 0.2) is 12.1 Å². The standard InChI is InChI=1S/C12H15NO5/c1-4-18-13(2)12(14)8-5-10-11(17-7-16-10)6-9(8)15-3/h5-6H,4,7H2,1-3H3. The van der Waals surface area contributed by atoms with Gasteiger partial charge in [-0.15, -0.1) is 0 Å². The maximum Gasteiger partial charge on any atom is 0.281 e. The van der Waals surface area contributed by atoms with E-state index in [4.69, 9.17) is 19.0 Å². The van der Waals surface area contributed by atoms with E-state index in [9.17, 15) is 4.79 Å². The summed E-state index contributed by atoms with van der Waals surface area (Å²) in [7, 11) is 3.05. The van der Waals surface area contributed by atoms with Gasteiger partial charge in [0.1, 0.15) is 5.75 Å². The van der Waals surface area contributed by atoms with Crippen LogP contribution in [-0.4, -0.2) is 38.5 Å². The number of carbonyl (C=O) groups is 1. The minimum Gasteiger partial charge on any atom is -0.496 e. The molecule has 1 heterocycles. The van der Waals surface area contributed by atoms with E-state index in [1.54, 1.807) is 26.1 Å². The van der Waals surface area contributed by atoms with E-state index >= 15 is 0 Å². The van der Waals surface area contributed by atoms with Gasteiger partial charge >= 0.3 is 0 Å². The third-order valence-electron chi connectivity index (χ3n) is 2.53. The molecule has 0 radical (unpaired) electrons. The summed E-state index contributed by atoms with van der Waals surface area (Å²) < 4.78 is 15.6. The van der Waals surface area contributed by atoms with Crippen molar-refractivity contribution in [3.63, 3.8) is 0 Å². The lowest BCUT2D eigenvalue weighted by Gasteiger charge is -2.17. The van der Waals surface area contributed by atoms with E-state index in [1.165, 1.54) is 12.2 Å². The van der Waals surface area contributed by atoms with Gasteiger partial charge in [0.15, 0.2) is 11.5 Å². The van der Waals surface area contributed by atoms with Crippen molar-refractivity contribution in [2.45, 2.75) is 6.92 Å². The first-order chi connectivity index (χ1) is 8.67. The molecule has 1 aliphatic heterocycles. The van der Waals surface area contributed by atoms with Gasteiger partial charge in [-0.25, -0.2) is 5.06 Å². The van der Waals surface area contributed by atoms with E-state index in [2.05, 4.69) is 0 Å². The Labute approximate surface area is 105 Å². The second-order valence-electron chi connectivity index (χ2n) is 3.63. The zero-order valence-electron chi connectivity index (χ0n) is 10.6. The SMILES string of the molecule is CCON(C)C(=O)c1cc2c(cc1OC)OCO2. The second-order valence-corrected chi connectivity index (χ2v) is 3.63. The molecular weight excluding hydrogens is 238 g/mol. The number of hydrogen-bond acceptors (Lipinski definition) is 5. The molecule has 1 amide bonds. The summed E-state index contributed by atoms with van der Waals surface area (Å²) in [6.07, 6.45) is 0. The van der Waals surface area contributed by atoms with E-state index in [-0.39, 0.29) is 12.7 Å². The molecule has 2 rings (SSSR count). The van der Waals surface area contributed by atoms with Gasteiger partial charge in [0.2, 0.25) is 6.79 Å². The largest absolute Gasteiger partial charge is 0.496 e. The quantitative estimate of drug-likeness (QED) is 0.760. The molecule has 0 spiro atoms. The fraction of sp³-hybridized carbons (Fsp3) is 0.417. The summed E-state index contributed by atoms with van der Waals surface area (Å²) >= 11 is 0. The summed E-state index contributed by atoms with van der Waals surface area (Å²) in [5.41, 5.74) is 0.373. The molecule has 0 saturated heterocycles. The second kappa shape index (κ2) is 5.14. The predicted molar refractivity (Wildman–Crippen MR) is 62.8 cm³/mol. The molecule has 0 saturated carbocycles. The summed E-state index contributed by atoms with van der Waals surface area (Å²) in [4.78, 5) is 17.3. The molecule has 1 aromatic rings. The van der Waals surface area contributed by atoms with Gasteiger partial charge in [-0.05, 0) is 6.92 Å². The van der Waals surface area contributed by atoms with Gasteiger partial charge < -0.3 is 14.2 Å². The number of hydroxylamine groups is 2. The van der Waals surface area contributed by atoms with E-state index in [0.717, 1.165) is 0 Å². The van der Waals surface area contributed by atoms with E-state index < -0.39 is 0 Å². The lowest BCUT2D eigenvalue weighted by Crippen LogP contribution is -2.27. The molecule has 0 aromatic heterocycles. The number of amides is 1. The van der Waals surface area contributed by atoms with Crippen LogP contribution in [0, 0.1) is 0 Å². The number of hydrogen-bond donors (Lipinski definition) is 0. The molecule has 1 aromatic carbocycles. The smallest absolute Gasteiger partial charge is 0.281 e. The third kappa shape index (κ3) is 2.19. The molecule has 6 heteroatoms. The highest BCUT2D eigenvalue weighted by Gasteiger charge is 2.23. The summed E-state index contributed by atoms with van der Waals surface area (Å²) in [6.45, 7) is 2.37. The van der Waals surface area contributed by atoms with Crippen molar-refractivity contribution in [3.05, 3.63) is 17.7 Å². The van der Waals surface area contributed by atoms with Crippen LogP contribution in [0.25, 0.3) is 0 Å². The average Bonchev–Trinajstić information content (AvgIpc) is 2.83. The van der Waals surface area contributed by atoms with Crippen molar-refractivity contribution in [2.24, 2.45) is 0 Å². The van der Waals surface area contributed by atoms with Crippen LogP contribution in [0.2, 0.25) is 0 Å². The molecule has 0 bridgehead atoms. The molecule has 0 unspecified atom stereocenters. The number of carbonyl (C=O) groups excluding carboxylic acids is 1. The summed E-state index contributed by atoms with van der Waals surface area (Å²) in [5, 5.41) is 1.17. The average molecular weight is 253 g/mol. The van der Waals surface area contributed by atoms with Crippen LogP contribution in [0.4, 0.5) is 0 Å². The Kier molecular flexibility index (Phi) is 3.57. The third-order valence-corrected chi connectivity index (χ3v) is 2.53. The van der Waals surface area contributed by atoms with Gasteiger partial charge in [0.05, 0.1) is 19.3 Å². The van der Waals surface area contributed by atoms with Crippen molar-refractivity contribution in [3.8, 4) is 17.2 Å². The van der Waals surface area contributed by atoms with Gasteiger partial charge in [0.25, 0.3) is 5.91 Å². The first-order valence-electron chi connectivity index (χ1n) is 5.56. The Morgan fingerprint density at radius 1 is 1.39 bits per heavy atom. The number of rotatable bonds is 4. The molecule has 18 heavy (non-hydrogen) atoms.